The summed E-state index contributed by atoms with van der Waals surface area (Å²) in [5.74, 6) is -2.44. The number of nitro benzene ring substituents is 2. The van der Waals surface area contributed by atoms with Gasteiger partial charge in [-0.3, -0.25) is 30.3 Å². The van der Waals surface area contributed by atoms with E-state index in [0.717, 1.165) is 0 Å². The molecular weight excluding hydrogens is 999 g/mol. The number of ether oxygens (including phenoxy) is 6. The molecule has 21 nitrogen and oxygen atoms in total. The van der Waals surface area contributed by atoms with Gasteiger partial charge in [0.25, 0.3) is 11.4 Å². The van der Waals surface area contributed by atoms with Gasteiger partial charge in [-0.25, -0.2) is 4.79 Å². The average molecular weight is 1060 g/mol. The van der Waals surface area contributed by atoms with Gasteiger partial charge in [-0.15, -0.1) is 6.58 Å². The molecule has 2 amide bonds. The van der Waals surface area contributed by atoms with Crippen LogP contribution in [0.25, 0.3) is 6.08 Å². The van der Waals surface area contributed by atoms with E-state index in [4.69, 9.17) is 38.4 Å². The number of unbranched alkanes of at least 4 members (excludes halogenated alkanes) is 2. The Bertz CT molecular complexity index is 2790. The fraction of sp³-hybridized carbons (Fsp3) is 0.411. The van der Waals surface area contributed by atoms with Crippen molar-refractivity contribution in [2.45, 2.75) is 69.3 Å². The first kappa shape index (κ1) is 57.0. The van der Waals surface area contributed by atoms with Crippen LogP contribution in [0.5, 0.6) is 23.0 Å². The number of nitrogens with one attached hydrogen (secondary N) is 1. The smallest absolute Gasteiger partial charge is 0.417 e. The molecule has 4 aromatic carbocycles. The van der Waals surface area contributed by atoms with Crippen LogP contribution in [0.3, 0.4) is 0 Å². The molecule has 4 aromatic rings. The predicted octanol–water partition coefficient (Wildman–Crippen LogP) is 8.52. The summed E-state index contributed by atoms with van der Waals surface area (Å²) >= 11 is 0. The van der Waals surface area contributed by atoms with Gasteiger partial charge >= 0.3 is 6.09 Å². The number of non-ortho nitro benzene ring substituents is 2. The molecule has 6 atom stereocenters. The Balaban J connectivity index is 1.41. The number of nitrogens with zero attached hydrogens (tertiary/aromatic N) is 4. The number of hydrogen-bond acceptors (Lipinski definition) is 17. The molecule has 1 aliphatic heterocycles. The van der Waals surface area contributed by atoms with Crippen molar-refractivity contribution in [1.29, 1.82) is 0 Å². The number of hydrogen-bond donors (Lipinski definition) is 4. The first-order valence-electron chi connectivity index (χ1n) is 25.4. The van der Waals surface area contributed by atoms with E-state index in [1.165, 1.54) is 56.7 Å². The van der Waals surface area contributed by atoms with Crippen molar-refractivity contribution >= 4 is 40.9 Å². The maximum absolute atomic E-state index is 15.1. The van der Waals surface area contributed by atoms with Crippen molar-refractivity contribution in [1.82, 2.24) is 4.90 Å². The van der Waals surface area contributed by atoms with Crippen LogP contribution in [0.1, 0.15) is 67.6 Å². The fourth-order valence-electron chi connectivity index (χ4n) is 10.5. The number of benzene rings is 4. The van der Waals surface area contributed by atoms with Gasteiger partial charge in [0.2, 0.25) is 11.7 Å². The number of anilines is 1. The Morgan fingerprint density at radius 1 is 0.870 bits per heavy atom. The van der Waals surface area contributed by atoms with Gasteiger partial charge < -0.3 is 53.5 Å². The standard InChI is InChI=1S/C56H65N5O16/c1-4-29-74-56-51(59(25-30-73-31-28-64)52(65)24-15-37-11-16-40(17-12-37)60(67)68)35-48(58-75-36-38-13-18-41(19-14-38)61(69)70)45-32-39(9-5-7-26-62)44(10-6-8-27-63)53(54(45)56)46-33-43(21-23-49(46)77-56)76-55(66)57-47-22-20-42(71-2)34-50(47)72-3/h4,11-24,32-34,39,44,51,53-54,62-64H,1,5-10,25-31,35-36H2,2-3H3,(H,57,66). The average Bonchev–Trinajstić information content (AvgIpc) is 3.52. The summed E-state index contributed by atoms with van der Waals surface area (Å²) in [4.78, 5) is 58.4. The highest BCUT2D eigenvalue weighted by molar-refractivity contribution is 6.03. The van der Waals surface area contributed by atoms with E-state index in [0.29, 0.717) is 89.4 Å². The maximum Gasteiger partial charge on any atom is 0.417 e. The monoisotopic (exact) mass is 1060 g/mol. The molecule has 3 aliphatic rings. The molecule has 21 heteroatoms. The highest BCUT2D eigenvalue weighted by atomic mass is 16.7. The minimum atomic E-state index is -1.71. The second kappa shape index (κ2) is 27.4. The number of aliphatic hydroxyl groups excluding tert-OH is 3. The van der Waals surface area contributed by atoms with Gasteiger partial charge in [0.1, 0.15) is 35.6 Å². The largest absolute Gasteiger partial charge is 0.497 e. The van der Waals surface area contributed by atoms with Crippen LogP contribution >= 0.6 is 0 Å². The van der Waals surface area contributed by atoms with Gasteiger partial charge in [0.05, 0.1) is 67.8 Å². The van der Waals surface area contributed by atoms with Crippen molar-refractivity contribution in [3.05, 3.63) is 152 Å². The van der Waals surface area contributed by atoms with Gasteiger partial charge in [-0.1, -0.05) is 30.1 Å². The molecule has 0 bridgehead atoms. The molecule has 2 aliphatic carbocycles. The maximum atomic E-state index is 15.1. The number of allylic oxidation sites excluding steroid dienone is 1. The molecule has 77 heavy (non-hydrogen) atoms. The van der Waals surface area contributed by atoms with Crippen LogP contribution in [0, 0.1) is 38.0 Å². The fourth-order valence-corrected chi connectivity index (χ4v) is 10.5. The quantitative estimate of drug-likeness (QED) is 0.0136. The predicted molar refractivity (Wildman–Crippen MR) is 284 cm³/mol. The van der Waals surface area contributed by atoms with Crippen LogP contribution in [0.4, 0.5) is 21.9 Å². The lowest BCUT2D eigenvalue weighted by molar-refractivity contribution is -0.385. The van der Waals surface area contributed by atoms with Gasteiger partial charge in [0.15, 0.2) is 0 Å². The van der Waals surface area contributed by atoms with E-state index in [1.807, 2.05) is 0 Å². The normalized spacial score (nSPS) is 20.7. The van der Waals surface area contributed by atoms with Crippen LogP contribution in [0.15, 0.2) is 120 Å². The van der Waals surface area contributed by atoms with Gasteiger partial charge in [-0.05, 0) is 115 Å². The number of carbonyl (C=O) groups excluding carboxylic acids is 2. The van der Waals surface area contributed by atoms with E-state index < -0.39 is 45.5 Å². The summed E-state index contributed by atoms with van der Waals surface area (Å²) in [7, 11) is 2.98. The van der Waals surface area contributed by atoms with Crippen LogP contribution in [0.2, 0.25) is 0 Å². The van der Waals surface area contributed by atoms with Gasteiger partial charge in [0, 0.05) is 74.1 Å². The number of amides is 2. The van der Waals surface area contributed by atoms with E-state index >= 15 is 4.79 Å². The Labute approximate surface area is 445 Å². The topological polar surface area (TPSA) is 273 Å². The highest BCUT2D eigenvalue weighted by Gasteiger charge is 2.65. The molecule has 4 N–H and O–H groups in total. The number of oxime groups is 1. The van der Waals surface area contributed by atoms with E-state index in [-0.39, 0.29) is 88.2 Å². The van der Waals surface area contributed by atoms with Crippen molar-refractivity contribution < 1.29 is 68.0 Å². The molecule has 410 valence electrons. The van der Waals surface area contributed by atoms with Crippen molar-refractivity contribution in [3.63, 3.8) is 0 Å². The van der Waals surface area contributed by atoms with E-state index in [1.54, 1.807) is 65.6 Å². The SMILES string of the molecule is C=CCOC12Oc3ccc(OC(=O)Nc4ccc(OC)cc4OC)cc3C3C(CCCCO)C(CCCCO)C=C(C(=NOCc4ccc([N+](=O)[O-])cc4)CC1N(CCOCCO)C(=O)C=Cc1ccc([N+](=O)[O-])cc1)C32. The summed E-state index contributed by atoms with van der Waals surface area (Å²) in [6, 6.07) is 20.6. The molecule has 0 spiro atoms. The van der Waals surface area contributed by atoms with Crippen LogP contribution < -0.4 is 24.3 Å². The first-order chi connectivity index (χ1) is 37.4. The summed E-state index contributed by atoms with van der Waals surface area (Å²) in [5.41, 5.74) is 3.06. The van der Waals surface area contributed by atoms with Crippen molar-refractivity contribution in [2.24, 2.45) is 22.9 Å². The zero-order chi connectivity index (χ0) is 54.9. The molecule has 0 aromatic heterocycles. The zero-order valence-electron chi connectivity index (χ0n) is 43.0. The molecule has 7 rings (SSSR count). The van der Waals surface area contributed by atoms with Crippen LogP contribution in [-0.4, -0.2) is 120 Å². The van der Waals surface area contributed by atoms with Crippen LogP contribution in [-0.2, 0) is 25.7 Å². The Kier molecular flexibility index (Phi) is 20.3. The molecule has 0 radical (unpaired) electrons. The summed E-state index contributed by atoms with van der Waals surface area (Å²) < 4.78 is 37.0. The second-order valence-corrected chi connectivity index (χ2v) is 18.6. The lowest BCUT2D eigenvalue weighted by Gasteiger charge is -2.60. The highest BCUT2D eigenvalue weighted by Crippen LogP contribution is 2.62. The Morgan fingerprint density at radius 3 is 2.23 bits per heavy atom. The lowest BCUT2D eigenvalue weighted by Crippen LogP contribution is -2.70. The Hall–Kier alpha value is -7.69. The summed E-state index contributed by atoms with van der Waals surface area (Å²) in [6.45, 7) is 3.47. The second-order valence-electron chi connectivity index (χ2n) is 18.6. The minimum Gasteiger partial charge on any atom is -0.497 e. The van der Waals surface area contributed by atoms with E-state index in [2.05, 4.69) is 18.0 Å². The Morgan fingerprint density at radius 2 is 1.57 bits per heavy atom. The number of aliphatic hydroxyl groups is 3. The lowest BCUT2D eigenvalue weighted by atomic mass is 9.55. The first-order valence-corrected chi connectivity index (χ1v) is 25.4. The minimum absolute atomic E-state index is 0.00632. The number of carbonyl (C=O) groups is 2. The third kappa shape index (κ3) is 13.8. The van der Waals surface area contributed by atoms with Crippen molar-refractivity contribution in [2.75, 3.05) is 65.7 Å². The molecule has 1 saturated carbocycles. The third-order valence-electron chi connectivity index (χ3n) is 13.9. The number of methoxy groups -OCH3 is 2. The van der Waals surface area contributed by atoms with Crippen molar-refractivity contribution in [3.8, 4) is 23.0 Å². The molecule has 1 heterocycles. The zero-order valence-corrected chi connectivity index (χ0v) is 43.0. The third-order valence-corrected chi connectivity index (χ3v) is 13.9. The summed E-state index contributed by atoms with van der Waals surface area (Å²) in [5, 5.41) is 60.3. The number of fused-ring (bicyclic) bond motifs is 2. The molecule has 6 unspecified atom stereocenters. The summed E-state index contributed by atoms with van der Waals surface area (Å²) in [6.07, 6.45) is 9.42. The van der Waals surface area contributed by atoms with Gasteiger partial charge in [-0.2, -0.15) is 0 Å². The van der Waals surface area contributed by atoms with E-state index in [9.17, 15) is 40.3 Å². The molecular formula is C56H65N5O16. The molecule has 1 fully saturated rings. The molecule has 0 saturated heterocycles. The number of nitro groups is 2. The number of rotatable bonds is 28.